The van der Waals surface area contributed by atoms with E-state index in [2.05, 4.69) is 0 Å². The molecular weight excluding hydrogens is 392 g/mol. The number of benzene rings is 2. The largest absolute Gasteiger partial charge is 0.452 e. The summed E-state index contributed by atoms with van der Waals surface area (Å²) in [6.45, 7) is -0.469. The molecule has 0 saturated carbocycles. The van der Waals surface area contributed by atoms with Crippen LogP contribution in [0.5, 0.6) is 0 Å². The number of halogens is 1. The van der Waals surface area contributed by atoms with Crippen LogP contribution in [-0.4, -0.2) is 52.9 Å². The van der Waals surface area contributed by atoms with Gasteiger partial charge in [-0.25, -0.2) is 13.2 Å². The van der Waals surface area contributed by atoms with E-state index < -0.39 is 28.5 Å². The third-order valence-electron chi connectivity index (χ3n) is 3.76. The third-order valence-corrected chi connectivity index (χ3v) is 5.87. The molecule has 27 heavy (non-hydrogen) atoms. The summed E-state index contributed by atoms with van der Waals surface area (Å²) >= 11 is 6.01. The molecule has 0 heterocycles. The van der Waals surface area contributed by atoms with Crippen molar-refractivity contribution >= 4 is 39.2 Å². The predicted octanol–water partition coefficient (Wildman–Crippen LogP) is 2.41. The van der Waals surface area contributed by atoms with Gasteiger partial charge in [-0.2, -0.15) is 0 Å². The van der Waals surface area contributed by atoms with Gasteiger partial charge < -0.3 is 9.64 Å². The second kappa shape index (κ2) is 8.41. The Morgan fingerprint density at radius 2 is 1.67 bits per heavy atom. The molecule has 0 unspecified atom stereocenters. The summed E-state index contributed by atoms with van der Waals surface area (Å²) in [7, 11) is 0.539. The minimum Gasteiger partial charge on any atom is -0.452 e. The summed E-state index contributed by atoms with van der Waals surface area (Å²) < 4.78 is 31.7. The molecule has 0 saturated heterocycles. The lowest BCUT2D eigenvalue weighted by Crippen LogP contribution is -2.28. The molecule has 0 spiro atoms. The van der Waals surface area contributed by atoms with Crippen LogP contribution in [0.3, 0.4) is 0 Å². The predicted molar refractivity (Wildman–Crippen MR) is 102 cm³/mol. The van der Waals surface area contributed by atoms with Crippen molar-refractivity contribution in [1.29, 1.82) is 0 Å². The van der Waals surface area contributed by atoms with E-state index in [9.17, 15) is 18.0 Å². The van der Waals surface area contributed by atoms with Crippen molar-refractivity contribution in [2.45, 2.75) is 4.90 Å². The number of likely N-dealkylation sites (N-methyl/N-ethyl adjacent to an activating group) is 1. The zero-order chi connectivity index (χ0) is 20.2. The average molecular weight is 411 g/mol. The maximum atomic E-state index is 12.8. The van der Waals surface area contributed by atoms with Crippen molar-refractivity contribution in [3.05, 3.63) is 59.1 Å². The van der Waals surface area contributed by atoms with E-state index in [0.717, 1.165) is 10.4 Å². The number of rotatable bonds is 6. The van der Waals surface area contributed by atoms with E-state index in [0.29, 0.717) is 5.69 Å². The van der Waals surface area contributed by atoms with Gasteiger partial charge in [0.1, 0.15) is 0 Å². The lowest BCUT2D eigenvalue weighted by molar-refractivity contribution is -0.131. The van der Waals surface area contributed by atoms with Gasteiger partial charge in [-0.05, 0) is 30.3 Å². The van der Waals surface area contributed by atoms with Crippen LogP contribution in [0.2, 0.25) is 5.02 Å². The van der Waals surface area contributed by atoms with Crippen LogP contribution in [0, 0.1) is 0 Å². The van der Waals surface area contributed by atoms with Crippen molar-refractivity contribution in [3.63, 3.8) is 0 Å². The Bertz CT molecular complexity index is 945. The van der Waals surface area contributed by atoms with Crippen LogP contribution in [0.15, 0.2) is 53.4 Å². The highest BCUT2D eigenvalue weighted by atomic mass is 35.5. The number of ether oxygens (including phenoxy) is 1. The van der Waals surface area contributed by atoms with Crippen LogP contribution >= 0.6 is 11.6 Å². The highest BCUT2D eigenvalue weighted by Gasteiger charge is 2.24. The van der Waals surface area contributed by atoms with Gasteiger partial charge in [0.2, 0.25) is 0 Å². The van der Waals surface area contributed by atoms with Gasteiger partial charge in [-0.15, -0.1) is 0 Å². The molecule has 2 aromatic rings. The zero-order valence-electron chi connectivity index (χ0n) is 15.0. The lowest BCUT2D eigenvalue weighted by atomic mass is 10.2. The minimum absolute atomic E-state index is 0.0265. The molecule has 144 valence electrons. The first kappa shape index (κ1) is 20.7. The van der Waals surface area contributed by atoms with E-state index in [4.69, 9.17) is 16.3 Å². The summed E-state index contributed by atoms with van der Waals surface area (Å²) in [5.41, 5.74) is 0.332. The Morgan fingerprint density at radius 3 is 2.26 bits per heavy atom. The summed E-state index contributed by atoms with van der Waals surface area (Å²) in [6.07, 6.45) is 0. The Morgan fingerprint density at radius 1 is 1.04 bits per heavy atom. The fourth-order valence-corrected chi connectivity index (χ4v) is 3.51. The van der Waals surface area contributed by atoms with Crippen molar-refractivity contribution in [3.8, 4) is 0 Å². The molecule has 0 fully saturated rings. The number of hydrogen-bond donors (Lipinski definition) is 0. The smallest absolute Gasteiger partial charge is 0.340 e. The summed E-state index contributed by atoms with van der Waals surface area (Å²) in [5, 5.41) is 0.0265. The van der Waals surface area contributed by atoms with Gasteiger partial charge in [0.05, 0.1) is 21.2 Å². The first-order valence-corrected chi connectivity index (χ1v) is 9.67. The Hall–Kier alpha value is -2.58. The van der Waals surface area contributed by atoms with Crippen LogP contribution in [0.4, 0.5) is 5.69 Å². The van der Waals surface area contributed by atoms with Gasteiger partial charge in [-0.3, -0.25) is 9.10 Å². The van der Waals surface area contributed by atoms with Crippen LogP contribution in [0.1, 0.15) is 10.4 Å². The fourth-order valence-electron chi connectivity index (χ4n) is 2.09. The van der Waals surface area contributed by atoms with E-state index in [1.807, 2.05) is 0 Å². The molecule has 0 atom stereocenters. The van der Waals surface area contributed by atoms with Gasteiger partial charge >= 0.3 is 5.97 Å². The number of esters is 1. The Kier molecular flexibility index (Phi) is 6.45. The topological polar surface area (TPSA) is 84.0 Å². The van der Waals surface area contributed by atoms with Crippen molar-refractivity contribution < 1.29 is 22.7 Å². The molecule has 0 radical (unpaired) electrons. The number of amides is 1. The number of nitrogens with zero attached hydrogens (tertiary/aromatic N) is 2. The zero-order valence-corrected chi connectivity index (χ0v) is 16.6. The number of sulfonamides is 1. The first-order valence-electron chi connectivity index (χ1n) is 7.85. The van der Waals surface area contributed by atoms with E-state index in [1.54, 1.807) is 30.3 Å². The van der Waals surface area contributed by atoms with E-state index in [-0.39, 0.29) is 15.5 Å². The number of carbonyl (C=O) groups excluding carboxylic acids is 2. The van der Waals surface area contributed by atoms with Crippen LogP contribution in [0.25, 0.3) is 0 Å². The van der Waals surface area contributed by atoms with Crippen LogP contribution in [-0.2, 0) is 19.6 Å². The highest BCUT2D eigenvalue weighted by Crippen LogP contribution is 2.26. The standard InChI is InChI=1S/C18H19ClN2O5S/c1-20(2)17(22)12-26-18(23)15-11-14(9-10-16(15)19)27(24,25)21(3)13-7-5-4-6-8-13/h4-11H,12H2,1-3H3. The molecule has 1 amide bonds. The molecular formula is C18H19ClN2O5S. The summed E-state index contributed by atoms with van der Waals surface area (Å²) in [5.74, 6) is -1.29. The molecule has 9 heteroatoms. The molecule has 0 aliphatic rings. The molecule has 2 rings (SSSR count). The van der Waals surface area contributed by atoms with Crippen LogP contribution < -0.4 is 4.31 Å². The minimum atomic E-state index is -3.92. The van der Waals surface area contributed by atoms with Gasteiger partial charge in [0, 0.05) is 21.1 Å². The fraction of sp³-hybridized carbons (Fsp3) is 0.222. The second-order valence-electron chi connectivity index (χ2n) is 5.81. The van der Waals surface area contributed by atoms with Crippen molar-refractivity contribution in [2.75, 3.05) is 32.1 Å². The number of para-hydroxylation sites is 1. The quantitative estimate of drug-likeness (QED) is 0.683. The molecule has 0 N–H and O–H groups in total. The normalized spacial score (nSPS) is 11.0. The highest BCUT2D eigenvalue weighted by molar-refractivity contribution is 7.92. The number of anilines is 1. The molecule has 0 aliphatic heterocycles. The molecule has 7 nitrogen and oxygen atoms in total. The monoisotopic (exact) mass is 410 g/mol. The lowest BCUT2D eigenvalue weighted by Gasteiger charge is -2.20. The van der Waals surface area contributed by atoms with Crippen molar-refractivity contribution in [1.82, 2.24) is 4.90 Å². The summed E-state index contributed by atoms with van der Waals surface area (Å²) in [6, 6.07) is 12.2. The third kappa shape index (κ3) is 4.78. The van der Waals surface area contributed by atoms with Crippen molar-refractivity contribution in [2.24, 2.45) is 0 Å². The summed E-state index contributed by atoms with van der Waals surface area (Å²) in [4.78, 5) is 24.9. The van der Waals surface area contributed by atoms with E-state index >= 15 is 0 Å². The SMILES string of the molecule is CN(C)C(=O)COC(=O)c1cc(S(=O)(=O)N(C)c2ccccc2)ccc1Cl. The second-order valence-corrected chi connectivity index (χ2v) is 8.19. The van der Waals surface area contributed by atoms with Gasteiger partial charge in [-0.1, -0.05) is 29.8 Å². The first-order chi connectivity index (χ1) is 12.6. The van der Waals surface area contributed by atoms with Gasteiger partial charge in [0.25, 0.3) is 15.9 Å². The maximum Gasteiger partial charge on any atom is 0.340 e. The van der Waals surface area contributed by atoms with Gasteiger partial charge in [0.15, 0.2) is 6.61 Å². The van der Waals surface area contributed by atoms with E-state index in [1.165, 1.54) is 38.2 Å². The Balaban J connectivity index is 2.30. The molecule has 0 aliphatic carbocycles. The molecule has 2 aromatic carbocycles. The number of hydrogen-bond acceptors (Lipinski definition) is 5. The Labute approximate surface area is 163 Å². The number of carbonyl (C=O) groups is 2. The maximum absolute atomic E-state index is 12.8. The molecule has 0 aromatic heterocycles. The molecule has 0 bridgehead atoms. The average Bonchev–Trinajstić information content (AvgIpc) is 2.65.